The number of amides is 1. The molecule has 1 aliphatic carbocycles. The average molecular weight is 328 g/mol. The molecule has 0 spiro atoms. The Balaban J connectivity index is 1.91. The number of carbonyl (C=O) groups excluding carboxylic acids is 1. The van der Waals surface area contributed by atoms with E-state index in [9.17, 15) is 13.2 Å². The van der Waals surface area contributed by atoms with Crippen LogP contribution in [0.2, 0.25) is 0 Å². The predicted molar refractivity (Wildman–Crippen MR) is 82.9 cm³/mol. The van der Waals surface area contributed by atoms with E-state index in [4.69, 9.17) is 11.6 Å². The third kappa shape index (κ3) is 4.32. The Hall–Kier alpha value is -1.33. The molecular formula is C15H18ClNO3S. The van der Waals surface area contributed by atoms with Gasteiger partial charge in [0.25, 0.3) is 0 Å². The first-order valence-corrected chi connectivity index (χ1v) is 8.97. The number of sulfone groups is 1. The van der Waals surface area contributed by atoms with Crippen LogP contribution in [0.5, 0.6) is 0 Å². The lowest BCUT2D eigenvalue weighted by Gasteiger charge is -2.15. The Labute approximate surface area is 130 Å². The molecule has 1 N–H and O–H groups in total. The summed E-state index contributed by atoms with van der Waals surface area (Å²) in [7, 11) is -3.36. The zero-order valence-corrected chi connectivity index (χ0v) is 13.2. The fourth-order valence-corrected chi connectivity index (χ4v) is 3.75. The molecule has 6 heteroatoms. The van der Waals surface area contributed by atoms with Gasteiger partial charge in [-0.05, 0) is 37.8 Å². The van der Waals surface area contributed by atoms with Gasteiger partial charge in [0.1, 0.15) is 0 Å². The van der Waals surface area contributed by atoms with E-state index in [-0.39, 0.29) is 23.1 Å². The van der Waals surface area contributed by atoms with Crippen LogP contribution >= 0.6 is 11.6 Å². The van der Waals surface area contributed by atoms with Gasteiger partial charge in [-0.3, -0.25) is 4.79 Å². The van der Waals surface area contributed by atoms with Crippen molar-refractivity contribution in [2.75, 3.05) is 12.3 Å². The highest BCUT2D eigenvalue weighted by atomic mass is 35.5. The maximum absolute atomic E-state index is 12.1. The average Bonchev–Trinajstić information content (AvgIpc) is 2.48. The lowest BCUT2D eigenvalue weighted by Crippen LogP contribution is -2.31. The maximum Gasteiger partial charge on any atom is 0.248 e. The van der Waals surface area contributed by atoms with Gasteiger partial charge < -0.3 is 5.32 Å². The summed E-state index contributed by atoms with van der Waals surface area (Å²) in [5.74, 6) is -0.365. The van der Waals surface area contributed by atoms with Crippen LogP contribution in [0.4, 0.5) is 0 Å². The third-order valence-electron chi connectivity index (χ3n) is 3.43. The molecule has 1 aliphatic rings. The van der Waals surface area contributed by atoms with Gasteiger partial charge in [-0.25, -0.2) is 8.42 Å². The van der Waals surface area contributed by atoms with Crippen molar-refractivity contribution < 1.29 is 13.2 Å². The summed E-state index contributed by atoms with van der Waals surface area (Å²) in [5, 5.41) is 3.25. The molecule has 21 heavy (non-hydrogen) atoms. The van der Waals surface area contributed by atoms with E-state index in [2.05, 4.69) is 5.32 Å². The molecule has 114 valence electrons. The molecule has 0 aliphatic heterocycles. The van der Waals surface area contributed by atoms with Crippen molar-refractivity contribution in [3.63, 3.8) is 0 Å². The fraction of sp³-hybridized carbons (Fsp3) is 0.400. The number of hydrogen-bond acceptors (Lipinski definition) is 3. The van der Waals surface area contributed by atoms with Crippen molar-refractivity contribution >= 4 is 27.3 Å². The molecule has 0 bridgehead atoms. The van der Waals surface area contributed by atoms with E-state index in [1.807, 2.05) is 0 Å². The van der Waals surface area contributed by atoms with E-state index < -0.39 is 9.84 Å². The molecule has 4 nitrogen and oxygen atoms in total. The smallest absolute Gasteiger partial charge is 0.248 e. The molecule has 2 rings (SSSR count). The monoisotopic (exact) mass is 327 g/mol. The quantitative estimate of drug-likeness (QED) is 0.904. The fourth-order valence-electron chi connectivity index (χ4n) is 2.26. The minimum absolute atomic E-state index is 0.0870. The van der Waals surface area contributed by atoms with Crippen LogP contribution in [0.25, 0.3) is 0 Å². The van der Waals surface area contributed by atoms with Gasteiger partial charge in [-0.1, -0.05) is 29.8 Å². The molecule has 0 aromatic heterocycles. The normalized spacial score (nSPS) is 15.9. The largest absolute Gasteiger partial charge is 0.351 e. The molecule has 1 amide bonds. The number of hydrogen-bond donors (Lipinski definition) is 1. The van der Waals surface area contributed by atoms with Gasteiger partial charge in [0.15, 0.2) is 9.84 Å². The number of benzene rings is 1. The first-order chi connectivity index (χ1) is 10.0. The van der Waals surface area contributed by atoms with Gasteiger partial charge >= 0.3 is 0 Å². The highest BCUT2D eigenvalue weighted by Gasteiger charge is 2.19. The van der Waals surface area contributed by atoms with Crippen molar-refractivity contribution in [2.45, 2.75) is 30.6 Å². The summed E-state index contributed by atoms with van der Waals surface area (Å²) in [6, 6.07) is 8.23. The van der Waals surface area contributed by atoms with Gasteiger partial charge in [-0.2, -0.15) is 0 Å². The summed E-state index contributed by atoms with van der Waals surface area (Å²) < 4.78 is 24.1. The summed E-state index contributed by atoms with van der Waals surface area (Å²) in [4.78, 5) is 12.3. The van der Waals surface area contributed by atoms with Crippen molar-refractivity contribution in [1.29, 1.82) is 0 Å². The second-order valence-electron chi connectivity index (χ2n) is 4.98. The molecule has 0 saturated heterocycles. The van der Waals surface area contributed by atoms with Crippen LogP contribution in [0, 0.1) is 0 Å². The van der Waals surface area contributed by atoms with Crippen LogP contribution in [0.3, 0.4) is 0 Å². The zero-order chi connectivity index (χ0) is 15.3. The molecule has 1 aromatic carbocycles. The molecule has 1 aromatic rings. The SMILES string of the molecule is O=C(NCCS(=O)(=O)c1ccccc1)C1=C(Cl)CCCC1. The molecule has 0 unspecified atom stereocenters. The highest BCUT2D eigenvalue weighted by molar-refractivity contribution is 7.91. The standard InChI is InChI=1S/C15H18ClNO3S/c16-14-9-5-4-8-13(14)15(18)17-10-11-21(19,20)12-6-2-1-3-7-12/h1-3,6-7H,4-5,8-11H2,(H,17,18). The zero-order valence-electron chi connectivity index (χ0n) is 11.6. The van der Waals surface area contributed by atoms with Gasteiger partial charge in [0.2, 0.25) is 5.91 Å². The molecule has 0 atom stereocenters. The minimum Gasteiger partial charge on any atom is -0.351 e. The number of nitrogens with one attached hydrogen (secondary N) is 1. The first-order valence-electron chi connectivity index (χ1n) is 6.94. The Morgan fingerprint density at radius 2 is 1.81 bits per heavy atom. The van der Waals surface area contributed by atoms with E-state index >= 15 is 0 Å². The van der Waals surface area contributed by atoms with Crippen molar-refractivity contribution in [1.82, 2.24) is 5.32 Å². The van der Waals surface area contributed by atoms with Gasteiger partial charge in [0, 0.05) is 17.2 Å². The van der Waals surface area contributed by atoms with Crippen molar-refractivity contribution in [3.8, 4) is 0 Å². The lowest BCUT2D eigenvalue weighted by molar-refractivity contribution is -0.117. The minimum atomic E-state index is -3.36. The first kappa shape index (κ1) is 16.0. The molecule has 0 heterocycles. The Bertz CT molecular complexity index is 638. The van der Waals surface area contributed by atoms with Crippen LogP contribution in [-0.2, 0) is 14.6 Å². The summed E-state index contributed by atoms with van der Waals surface area (Å²) in [5.41, 5.74) is 0.597. The van der Waals surface area contributed by atoms with E-state index in [1.54, 1.807) is 30.3 Å². The van der Waals surface area contributed by atoms with Crippen LogP contribution in [-0.4, -0.2) is 26.6 Å². The topological polar surface area (TPSA) is 63.2 Å². The summed E-state index contributed by atoms with van der Waals surface area (Å²) in [6.07, 6.45) is 3.34. The summed E-state index contributed by atoms with van der Waals surface area (Å²) in [6.45, 7) is 0.0870. The molecular weight excluding hydrogens is 310 g/mol. The molecule has 0 fully saturated rings. The highest BCUT2D eigenvalue weighted by Crippen LogP contribution is 2.27. The maximum atomic E-state index is 12.1. The van der Waals surface area contributed by atoms with Crippen molar-refractivity contribution in [2.24, 2.45) is 0 Å². The van der Waals surface area contributed by atoms with Crippen LogP contribution in [0.1, 0.15) is 25.7 Å². The third-order valence-corrected chi connectivity index (χ3v) is 5.58. The Morgan fingerprint density at radius 3 is 2.48 bits per heavy atom. The predicted octanol–water partition coefficient (Wildman–Crippen LogP) is 2.64. The second-order valence-corrected chi connectivity index (χ2v) is 7.54. The molecule has 0 saturated carbocycles. The van der Waals surface area contributed by atoms with Gasteiger partial charge in [0.05, 0.1) is 10.6 Å². The Morgan fingerprint density at radius 1 is 1.14 bits per heavy atom. The van der Waals surface area contributed by atoms with Crippen molar-refractivity contribution in [3.05, 3.63) is 40.9 Å². The Kier molecular flexibility index (Phi) is 5.42. The number of allylic oxidation sites excluding steroid dienone is 1. The van der Waals surface area contributed by atoms with E-state index in [0.29, 0.717) is 17.0 Å². The number of rotatable bonds is 5. The van der Waals surface area contributed by atoms with Gasteiger partial charge in [-0.15, -0.1) is 0 Å². The van der Waals surface area contributed by atoms with Crippen LogP contribution in [0.15, 0.2) is 45.8 Å². The van der Waals surface area contributed by atoms with E-state index in [0.717, 1.165) is 19.3 Å². The van der Waals surface area contributed by atoms with E-state index in [1.165, 1.54) is 0 Å². The second kappa shape index (κ2) is 7.09. The molecule has 0 radical (unpaired) electrons. The van der Waals surface area contributed by atoms with Crippen LogP contribution < -0.4 is 5.32 Å². The number of halogens is 1. The number of carbonyl (C=O) groups is 1. The summed E-state index contributed by atoms with van der Waals surface area (Å²) >= 11 is 6.04. The lowest BCUT2D eigenvalue weighted by atomic mass is 9.99.